The maximum Gasteiger partial charge on any atom is 0.296 e. The molecule has 9 rings (SSSR count). The summed E-state index contributed by atoms with van der Waals surface area (Å²) in [6.45, 7) is 2.46. The lowest BCUT2D eigenvalue weighted by molar-refractivity contribution is 0.0330. The zero-order valence-corrected chi connectivity index (χ0v) is 15.7. The largest absolute Gasteiger partial charge is 0.296 e. The highest BCUT2D eigenvalue weighted by molar-refractivity contribution is 7.86. The van der Waals surface area contributed by atoms with Crippen molar-refractivity contribution in [1.82, 2.24) is 0 Å². The van der Waals surface area contributed by atoms with E-state index in [1.165, 1.54) is 12.8 Å². The van der Waals surface area contributed by atoms with Crippen LogP contribution in [0.4, 0.5) is 0 Å². The van der Waals surface area contributed by atoms with Crippen LogP contribution in [0.1, 0.15) is 18.4 Å². The molecule has 8 fully saturated rings. The van der Waals surface area contributed by atoms with Gasteiger partial charge in [-0.3, -0.25) is 4.18 Å². The first-order valence-corrected chi connectivity index (χ1v) is 11.9. The van der Waals surface area contributed by atoms with Gasteiger partial charge < -0.3 is 0 Å². The molecular weight excluding hydrogens is 344 g/mol. The number of rotatable bonds is 4. The second-order valence-corrected chi connectivity index (χ2v) is 12.3. The van der Waals surface area contributed by atoms with Gasteiger partial charge in [-0.1, -0.05) is 17.7 Å². The van der Waals surface area contributed by atoms with E-state index in [0.29, 0.717) is 11.5 Å². The van der Waals surface area contributed by atoms with Gasteiger partial charge in [-0.2, -0.15) is 8.42 Å². The molecule has 0 aromatic heterocycles. The van der Waals surface area contributed by atoms with Gasteiger partial charge in [0.15, 0.2) is 0 Å². The van der Waals surface area contributed by atoms with Gasteiger partial charge in [0.2, 0.25) is 0 Å². The highest BCUT2D eigenvalue weighted by Crippen LogP contribution is 2.96. The zero-order valence-electron chi connectivity index (χ0n) is 14.9. The fraction of sp³-hybridized carbons (Fsp3) is 0.727. The molecule has 0 spiro atoms. The molecule has 0 heterocycles. The lowest BCUT2D eigenvalue weighted by atomic mass is 9.68. The van der Waals surface area contributed by atoms with E-state index < -0.39 is 10.1 Å². The Morgan fingerprint density at radius 2 is 1.58 bits per heavy atom. The van der Waals surface area contributed by atoms with E-state index in [1.807, 2.05) is 19.1 Å². The third-order valence-corrected chi connectivity index (χ3v) is 12.0. The predicted octanol–water partition coefficient (Wildman–Crippen LogP) is 3.34. The molecule has 8 aliphatic rings. The molecule has 136 valence electrons. The first-order chi connectivity index (χ1) is 12.5. The van der Waals surface area contributed by atoms with Crippen molar-refractivity contribution in [3.8, 4) is 0 Å². The SMILES string of the molecule is Cc1ccc(S(=O)(=O)OCC23C4CC5C6C7C8CC(C7C52)C3C8C64)cc1. The van der Waals surface area contributed by atoms with Gasteiger partial charge in [0.1, 0.15) is 0 Å². The first-order valence-electron chi connectivity index (χ1n) is 10.5. The minimum atomic E-state index is -3.64. The summed E-state index contributed by atoms with van der Waals surface area (Å²) in [5, 5.41) is 0. The van der Waals surface area contributed by atoms with Gasteiger partial charge >= 0.3 is 0 Å². The summed E-state index contributed by atoms with van der Waals surface area (Å²) in [5.74, 6) is 10.2. The molecule has 0 N–H and O–H groups in total. The van der Waals surface area contributed by atoms with Gasteiger partial charge in [0.05, 0.1) is 11.5 Å². The molecule has 12 atom stereocenters. The molecule has 0 saturated heterocycles. The fourth-order valence-corrected chi connectivity index (χ4v) is 12.0. The Morgan fingerprint density at radius 1 is 0.923 bits per heavy atom. The van der Waals surface area contributed by atoms with Crippen LogP contribution >= 0.6 is 0 Å². The molecule has 12 unspecified atom stereocenters. The fourth-order valence-electron chi connectivity index (χ4n) is 11.1. The number of aryl methyl sites for hydroxylation is 1. The van der Waals surface area contributed by atoms with Crippen molar-refractivity contribution < 1.29 is 12.6 Å². The Bertz CT molecular complexity index is 956. The van der Waals surface area contributed by atoms with Crippen LogP contribution in [0.2, 0.25) is 0 Å². The number of hydrogen-bond donors (Lipinski definition) is 0. The topological polar surface area (TPSA) is 43.4 Å². The van der Waals surface area contributed by atoms with Crippen molar-refractivity contribution in [2.75, 3.05) is 6.61 Å². The highest BCUT2D eigenvalue weighted by atomic mass is 32.2. The summed E-state index contributed by atoms with van der Waals surface area (Å²) in [6.07, 6.45) is 2.87. The quantitative estimate of drug-likeness (QED) is 0.766. The van der Waals surface area contributed by atoms with Gasteiger partial charge in [-0.15, -0.1) is 0 Å². The monoisotopic (exact) mass is 368 g/mol. The van der Waals surface area contributed by atoms with E-state index in [-0.39, 0.29) is 5.41 Å². The molecule has 3 nitrogen and oxygen atoms in total. The van der Waals surface area contributed by atoms with Crippen molar-refractivity contribution in [1.29, 1.82) is 0 Å². The second-order valence-electron chi connectivity index (χ2n) is 10.6. The molecule has 4 heteroatoms. The molecule has 26 heavy (non-hydrogen) atoms. The first kappa shape index (κ1) is 14.2. The standard InChI is InChI=1S/C22H24O3S/c1-9-2-4-10(5-3-9)26(23,24)25-8-22-14-7-13-16-15-11-6-12(18(15)21(13)22)20(22)17(11)19(14)16/h2-5,11-21H,6-8H2,1H3. The van der Waals surface area contributed by atoms with Crippen LogP contribution in [-0.4, -0.2) is 15.0 Å². The summed E-state index contributed by atoms with van der Waals surface area (Å²) < 4.78 is 31.6. The number of benzene rings is 1. The molecule has 0 amide bonds. The van der Waals surface area contributed by atoms with Crippen molar-refractivity contribution in [2.24, 2.45) is 70.5 Å². The van der Waals surface area contributed by atoms with Gasteiger partial charge in [0.25, 0.3) is 10.1 Å². The zero-order chi connectivity index (χ0) is 17.2. The van der Waals surface area contributed by atoms with Crippen LogP contribution in [0.15, 0.2) is 29.2 Å². The molecular formula is C22H24O3S. The van der Waals surface area contributed by atoms with Gasteiger partial charge in [-0.25, -0.2) is 0 Å². The Hall–Kier alpha value is -0.870. The molecule has 1 aromatic carbocycles. The predicted molar refractivity (Wildman–Crippen MR) is 94.4 cm³/mol. The highest BCUT2D eigenvalue weighted by Gasteiger charge is 2.93. The molecule has 0 radical (unpaired) electrons. The Kier molecular flexibility index (Phi) is 2.08. The maximum atomic E-state index is 12.9. The maximum absolute atomic E-state index is 12.9. The third-order valence-electron chi connectivity index (χ3n) is 10.7. The van der Waals surface area contributed by atoms with Crippen LogP contribution in [-0.2, 0) is 14.3 Å². The summed E-state index contributed by atoms with van der Waals surface area (Å²) >= 11 is 0. The Balaban J connectivity index is 1.20. The van der Waals surface area contributed by atoms with E-state index >= 15 is 0 Å². The molecule has 0 aliphatic heterocycles. The normalized spacial score (nSPS) is 60.6. The van der Waals surface area contributed by atoms with Crippen LogP contribution in [0, 0.1) is 77.4 Å². The minimum absolute atomic E-state index is 0.226. The lowest BCUT2D eigenvalue weighted by Crippen LogP contribution is -2.40. The molecule has 8 saturated carbocycles. The molecule has 1 aromatic rings. The van der Waals surface area contributed by atoms with Crippen molar-refractivity contribution in [3.63, 3.8) is 0 Å². The van der Waals surface area contributed by atoms with Crippen molar-refractivity contribution >= 4 is 10.1 Å². The number of hydrogen-bond acceptors (Lipinski definition) is 3. The van der Waals surface area contributed by atoms with Crippen LogP contribution < -0.4 is 0 Å². The van der Waals surface area contributed by atoms with E-state index in [9.17, 15) is 8.42 Å². The van der Waals surface area contributed by atoms with Gasteiger partial charge in [-0.05, 0) is 97.0 Å². The van der Waals surface area contributed by atoms with E-state index in [0.717, 1.165) is 70.7 Å². The average molecular weight is 368 g/mol. The third kappa shape index (κ3) is 1.13. The van der Waals surface area contributed by atoms with E-state index in [4.69, 9.17) is 4.18 Å². The van der Waals surface area contributed by atoms with Crippen LogP contribution in [0.25, 0.3) is 0 Å². The summed E-state index contributed by atoms with van der Waals surface area (Å²) in [7, 11) is -3.64. The average Bonchev–Trinajstić information content (AvgIpc) is 3.35. The summed E-state index contributed by atoms with van der Waals surface area (Å²) in [6, 6.07) is 7.11. The van der Waals surface area contributed by atoms with Crippen LogP contribution in [0.3, 0.4) is 0 Å². The lowest BCUT2D eigenvalue weighted by Gasteiger charge is -2.39. The van der Waals surface area contributed by atoms with E-state index in [2.05, 4.69) is 0 Å². The Morgan fingerprint density at radius 3 is 2.35 bits per heavy atom. The van der Waals surface area contributed by atoms with E-state index in [1.54, 1.807) is 12.1 Å². The molecule has 4 bridgehead atoms. The smallest absolute Gasteiger partial charge is 0.266 e. The summed E-state index contributed by atoms with van der Waals surface area (Å²) in [5.41, 5.74) is 1.30. The minimum Gasteiger partial charge on any atom is -0.266 e. The summed E-state index contributed by atoms with van der Waals surface area (Å²) in [4.78, 5) is 0.322. The second kappa shape index (κ2) is 3.82. The van der Waals surface area contributed by atoms with Crippen molar-refractivity contribution in [3.05, 3.63) is 29.8 Å². The molecule has 8 aliphatic carbocycles. The van der Waals surface area contributed by atoms with Gasteiger partial charge in [0, 0.05) is 5.41 Å². The van der Waals surface area contributed by atoms with Crippen LogP contribution in [0.5, 0.6) is 0 Å². The Labute approximate surface area is 154 Å². The van der Waals surface area contributed by atoms with Crippen molar-refractivity contribution in [2.45, 2.75) is 24.7 Å².